The van der Waals surface area contributed by atoms with Crippen molar-refractivity contribution in [3.8, 4) is 0 Å². The Morgan fingerprint density at radius 3 is 2.89 bits per heavy atom. The molecule has 1 rings (SSSR count). The molecule has 0 unspecified atom stereocenters. The van der Waals surface area contributed by atoms with Gasteiger partial charge in [0.2, 0.25) is 5.89 Å². The van der Waals surface area contributed by atoms with Gasteiger partial charge in [-0.15, -0.1) is 0 Å². The molecule has 1 aromatic heterocycles. The molecule has 102 valence electrons. The van der Waals surface area contributed by atoms with Gasteiger partial charge in [-0.1, -0.05) is 31.3 Å². The second-order valence-electron chi connectivity index (χ2n) is 4.24. The number of unbranched alkanes of at least 4 members (excludes halogenated alkanes) is 3. The zero-order valence-electron chi connectivity index (χ0n) is 11.3. The van der Waals surface area contributed by atoms with E-state index in [0.29, 0.717) is 30.6 Å². The van der Waals surface area contributed by atoms with E-state index in [2.05, 4.69) is 27.4 Å². The van der Waals surface area contributed by atoms with E-state index in [4.69, 9.17) is 10.3 Å². The number of rotatable bonds is 8. The SMILES string of the molecule is CCCCCCN=C(N)NCCc1nc(C)no1. The molecule has 3 N–H and O–H groups in total. The Labute approximate surface area is 108 Å². The maximum absolute atomic E-state index is 5.73. The van der Waals surface area contributed by atoms with Gasteiger partial charge in [0.25, 0.3) is 0 Å². The van der Waals surface area contributed by atoms with Crippen LogP contribution in [-0.2, 0) is 6.42 Å². The van der Waals surface area contributed by atoms with Gasteiger partial charge in [0.05, 0.1) is 0 Å². The van der Waals surface area contributed by atoms with E-state index in [1.165, 1.54) is 19.3 Å². The Balaban J connectivity index is 2.08. The molecule has 1 aromatic rings. The minimum absolute atomic E-state index is 0.489. The van der Waals surface area contributed by atoms with Crippen LogP contribution in [0.3, 0.4) is 0 Å². The highest BCUT2D eigenvalue weighted by Crippen LogP contribution is 1.98. The number of nitrogens with one attached hydrogen (secondary N) is 1. The minimum Gasteiger partial charge on any atom is -0.370 e. The molecular formula is C12H23N5O. The third-order valence-electron chi connectivity index (χ3n) is 2.51. The van der Waals surface area contributed by atoms with Gasteiger partial charge in [0.15, 0.2) is 11.8 Å². The summed E-state index contributed by atoms with van der Waals surface area (Å²) in [6.45, 7) is 5.44. The van der Waals surface area contributed by atoms with Crippen LogP contribution >= 0.6 is 0 Å². The Hall–Kier alpha value is -1.59. The highest BCUT2D eigenvalue weighted by molar-refractivity contribution is 5.77. The van der Waals surface area contributed by atoms with Crippen LogP contribution in [0.2, 0.25) is 0 Å². The normalized spacial score (nSPS) is 11.8. The molecule has 0 aliphatic heterocycles. The van der Waals surface area contributed by atoms with Crippen LogP contribution in [0.15, 0.2) is 9.52 Å². The molecule has 1 heterocycles. The molecule has 0 fully saturated rings. The van der Waals surface area contributed by atoms with E-state index in [1.807, 2.05) is 0 Å². The van der Waals surface area contributed by atoms with Crippen LogP contribution in [0, 0.1) is 6.92 Å². The summed E-state index contributed by atoms with van der Waals surface area (Å²) in [5, 5.41) is 6.75. The quantitative estimate of drug-likeness (QED) is 0.415. The van der Waals surface area contributed by atoms with Crippen LogP contribution in [0.25, 0.3) is 0 Å². The molecule has 0 radical (unpaired) electrons. The number of aliphatic imine (C=N–C) groups is 1. The monoisotopic (exact) mass is 253 g/mol. The fraction of sp³-hybridized carbons (Fsp3) is 0.750. The molecular weight excluding hydrogens is 230 g/mol. The number of guanidine groups is 1. The van der Waals surface area contributed by atoms with E-state index >= 15 is 0 Å². The van der Waals surface area contributed by atoms with Gasteiger partial charge < -0.3 is 15.6 Å². The van der Waals surface area contributed by atoms with Gasteiger partial charge in [-0.3, -0.25) is 4.99 Å². The highest BCUT2D eigenvalue weighted by atomic mass is 16.5. The van der Waals surface area contributed by atoms with Gasteiger partial charge in [-0.2, -0.15) is 4.98 Å². The molecule has 6 heteroatoms. The van der Waals surface area contributed by atoms with Crippen molar-refractivity contribution < 1.29 is 4.52 Å². The summed E-state index contributed by atoms with van der Waals surface area (Å²) in [4.78, 5) is 8.35. The molecule has 0 saturated carbocycles. The molecule has 0 atom stereocenters. The molecule has 0 amide bonds. The second kappa shape index (κ2) is 8.49. The van der Waals surface area contributed by atoms with E-state index in [-0.39, 0.29) is 0 Å². The van der Waals surface area contributed by atoms with Crippen molar-refractivity contribution in [2.24, 2.45) is 10.7 Å². The minimum atomic E-state index is 0.489. The molecule has 0 spiro atoms. The van der Waals surface area contributed by atoms with Crippen LogP contribution in [0.1, 0.15) is 44.3 Å². The number of hydrogen-bond acceptors (Lipinski definition) is 4. The van der Waals surface area contributed by atoms with E-state index in [0.717, 1.165) is 13.0 Å². The van der Waals surface area contributed by atoms with Gasteiger partial charge in [0, 0.05) is 19.5 Å². The average Bonchev–Trinajstić information content (AvgIpc) is 2.75. The summed E-state index contributed by atoms with van der Waals surface area (Å²) < 4.78 is 4.99. The average molecular weight is 253 g/mol. The maximum Gasteiger partial charge on any atom is 0.228 e. The number of nitrogens with two attached hydrogens (primary N) is 1. The summed E-state index contributed by atoms with van der Waals surface area (Å²) in [6.07, 6.45) is 5.47. The summed E-state index contributed by atoms with van der Waals surface area (Å²) in [7, 11) is 0. The summed E-state index contributed by atoms with van der Waals surface area (Å²) in [6, 6.07) is 0. The Kier molecular flexibility index (Phi) is 6.83. The Bertz CT molecular complexity index is 361. The zero-order chi connectivity index (χ0) is 13.2. The van der Waals surface area contributed by atoms with Crippen molar-refractivity contribution in [3.05, 3.63) is 11.7 Å². The van der Waals surface area contributed by atoms with Gasteiger partial charge in [-0.05, 0) is 13.3 Å². The smallest absolute Gasteiger partial charge is 0.228 e. The van der Waals surface area contributed by atoms with Crippen molar-refractivity contribution in [3.63, 3.8) is 0 Å². The van der Waals surface area contributed by atoms with Crippen LogP contribution < -0.4 is 11.1 Å². The predicted octanol–water partition coefficient (Wildman–Crippen LogP) is 1.41. The van der Waals surface area contributed by atoms with E-state index in [9.17, 15) is 0 Å². The maximum atomic E-state index is 5.73. The fourth-order valence-corrected chi connectivity index (χ4v) is 1.53. The molecule has 0 aliphatic rings. The van der Waals surface area contributed by atoms with E-state index < -0.39 is 0 Å². The van der Waals surface area contributed by atoms with Crippen molar-refractivity contribution in [2.45, 2.75) is 46.0 Å². The van der Waals surface area contributed by atoms with Gasteiger partial charge in [-0.25, -0.2) is 0 Å². The van der Waals surface area contributed by atoms with Crippen LogP contribution in [0.4, 0.5) is 0 Å². The molecule has 6 nitrogen and oxygen atoms in total. The van der Waals surface area contributed by atoms with Crippen molar-refractivity contribution in [1.29, 1.82) is 0 Å². The molecule has 0 aliphatic carbocycles. The Morgan fingerprint density at radius 1 is 1.39 bits per heavy atom. The van der Waals surface area contributed by atoms with Crippen LogP contribution in [-0.4, -0.2) is 29.2 Å². The van der Waals surface area contributed by atoms with Crippen molar-refractivity contribution >= 4 is 5.96 Å². The van der Waals surface area contributed by atoms with Crippen molar-refractivity contribution in [1.82, 2.24) is 15.5 Å². The molecule has 18 heavy (non-hydrogen) atoms. The first-order valence-electron chi connectivity index (χ1n) is 6.55. The number of aryl methyl sites for hydroxylation is 1. The topological polar surface area (TPSA) is 89.3 Å². The highest BCUT2D eigenvalue weighted by Gasteiger charge is 2.01. The number of nitrogens with zero attached hydrogens (tertiary/aromatic N) is 3. The molecule has 0 aromatic carbocycles. The standard InChI is InChI=1S/C12H23N5O/c1-3-4-5-6-8-14-12(13)15-9-7-11-16-10(2)17-18-11/h3-9H2,1-2H3,(H3,13,14,15). The summed E-state index contributed by atoms with van der Waals surface area (Å²) in [5.41, 5.74) is 5.73. The largest absolute Gasteiger partial charge is 0.370 e. The predicted molar refractivity (Wildman–Crippen MR) is 71.4 cm³/mol. The molecule has 0 saturated heterocycles. The summed E-state index contributed by atoms with van der Waals surface area (Å²) in [5.74, 6) is 1.76. The lowest BCUT2D eigenvalue weighted by atomic mass is 10.2. The first-order chi connectivity index (χ1) is 8.72. The summed E-state index contributed by atoms with van der Waals surface area (Å²) >= 11 is 0. The molecule has 0 bridgehead atoms. The fourth-order valence-electron chi connectivity index (χ4n) is 1.53. The van der Waals surface area contributed by atoms with Gasteiger partial charge in [0.1, 0.15) is 0 Å². The first-order valence-corrected chi connectivity index (χ1v) is 6.55. The van der Waals surface area contributed by atoms with Crippen molar-refractivity contribution in [2.75, 3.05) is 13.1 Å². The first kappa shape index (κ1) is 14.5. The second-order valence-corrected chi connectivity index (χ2v) is 4.24. The lowest BCUT2D eigenvalue weighted by Gasteiger charge is -2.03. The zero-order valence-corrected chi connectivity index (χ0v) is 11.3. The third kappa shape index (κ3) is 6.22. The van der Waals surface area contributed by atoms with Gasteiger partial charge >= 0.3 is 0 Å². The Morgan fingerprint density at radius 2 is 2.22 bits per heavy atom. The lowest BCUT2D eigenvalue weighted by Crippen LogP contribution is -2.33. The number of aromatic nitrogens is 2. The van der Waals surface area contributed by atoms with E-state index in [1.54, 1.807) is 6.92 Å². The van der Waals surface area contributed by atoms with Crippen LogP contribution in [0.5, 0.6) is 0 Å². The number of hydrogen-bond donors (Lipinski definition) is 2. The lowest BCUT2D eigenvalue weighted by molar-refractivity contribution is 0.374. The third-order valence-corrected chi connectivity index (χ3v) is 2.51.